The van der Waals surface area contributed by atoms with Crippen LogP contribution < -0.4 is 9.47 Å². The Hall–Kier alpha value is -3.06. The molecule has 40 heavy (non-hydrogen) atoms. The summed E-state index contributed by atoms with van der Waals surface area (Å²) in [4.78, 5) is 30.1. The first-order chi connectivity index (χ1) is 19.2. The molecule has 0 bridgehead atoms. The molecule has 2 heterocycles. The van der Waals surface area contributed by atoms with Crippen molar-refractivity contribution in [1.82, 2.24) is 9.80 Å². The highest BCUT2D eigenvalue weighted by Gasteiger charge is 2.32. The fourth-order valence-corrected chi connectivity index (χ4v) is 6.77. The van der Waals surface area contributed by atoms with E-state index in [2.05, 4.69) is 0 Å². The molecule has 0 unspecified atom stereocenters. The number of aromatic hydroxyl groups is 2. The highest BCUT2D eigenvalue weighted by Crippen LogP contribution is 2.36. The smallest absolute Gasteiger partial charge is 0.266 e. The molecule has 2 amide bonds. The van der Waals surface area contributed by atoms with Crippen LogP contribution in [0, 0.1) is 0 Å². The summed E-state index contributed by atoms with van der Waals surface area (Å²) in [5.41, 5.74) is 1.48. The van der Waals surface area contributed by atoms with Crippen LogP contribution in [0.5, 0.6) is 23.0 Å². The first-order valence-corrected chi connectivity index (χ1v) is 14.9. The molecule has 2 aliphatic heterocycles. The fraction of sp³-hybridized carbons (Fsp3) is 0.286. The van der Waals surface area contributed by atoms with E-state index >= 15 is 0 Å². The number of benzene rings is 2. The number of phenolic OH excluding ortho intramolecular Hbond substituents is 2. The highest BCUT2D eigenvalue weighted by molar-refractivity contribution is 8.27. The van der Waals surface area contributed by atoms with Crippen molar-refractivity contribution in [2.75, 3.05) is 27.3 Å². The molecule has 0 saturated carbocycles. The van der Waals surface area contributed by atoms with Gasteiger partial charge in [-0.3, -0.25) is 19.4 Å². The molecule has 2 N–H and O–H groups in total. The zero-order valence-corrected chi connectivity index (χ0v) is 25.2. The van der Waals surface area contributed by atoms with Gasteiger partial charge in [0.05, 0.1) is 24.0 Å². The van der Waals surface area contributed by atoms with Crippen molar-refractivity contribution >= 4 is 80.6 Å². The molecule has 0 spiro atoms. The molecule has 8 nitrogen and oxygen atoms in total. The molecule has 2 aliphatic rings. The number of thiocarbonyl (C=S) groups is 2. The van der Waals surface area contributed by atoms with Crippen LogP contribution in [0.2, 0.25) is 0 Å². The van der Waals surface area contributed by atoms with E-state index in [4.69, 9.17) is 33.9 Å². The SMILES string of the molecule is COc1cc(/C=C2\SC(=S)N(CCCCCCN3C(=O)/C(=C/c4ccc(O)c(OC)c4)SC3=S)C2=O)ccc1O. The van der Waals surface area contributed by atoms with Crippen molar-refractivity contribution in [3.05, 3.63) is 57.3 Å². The minimum absolute atomic E-state index is 0.0360. The van der Waals surface area contributed by atoms with Gasteiger partial charge >= 0.3 is 0 Å². The summed E-state index contributed by atoms with van der Waals surface area (Å²) < 4.78 is 11.3. The number of methoxy groups -OCH3 is 2. The molecule has 0 radical (unpaired) electrons. The van der Waals surface area contributed by atoms with Gasteiger partial charge in [-0.25, -0.2) is 0 Å². The zero-order valence-electron chi connectivity index (χ0n) is 21.9. The quantitative estimate of drug-likeness (QED) is 0.184. The van der Waals surface area contributed by atoms with Gasteiger partial charge in [0.25, 0.3) is 11.8 Å². The maximum Gasteiger partial charge on any atom is 0.266 e. The minimum atomic E-state index is -0.127. The van der Waals surface area contributed by atoms with Crippen LogP contribution >= 0.6 is 48.0 Å². The second-order valence-electron chi connectivity index (χ2n) is 8.94. The normalized spacial score (nSPS) is 17.6. The van der Waals surface area contributed by atoms with Gasteiger partial charge in [0.15, 0.2) is 23.0 Å². The Morgan fingerprint density at radius 3 is 1.50 bits per heavy atom. The number of unbranched alkanes of at least 4 members (excludes halogenated alkanes) is 3. The summed E-state index contributed by atoms with van der Waals surface area (Å²) in [7, 11) is 2.95. The monoisotopic (exact) mass is 616 g/mol. The third kappa shape index (κ3) is 6.98. The van der Waals surface area contributed by atoms with Gasteiger partial charge in [0.1, 0.15) is 8.64 Å². The molecule has 4 rings (SSSR count). The van der Waals surface area contributed by atoms with E-state index in [1.165, 1.54) is 49.9 Å². The van der Waals surface area contributed by atoms with Crippen LogP contribution in [0.3, 0.4) is 0 Å². The molecule has 0 atom stereocenters. The average Bonchev–Trinajstić information content (AvgIpc) is 3.36. The number of phenols is 2. The standard InChI is InChI=1S/C28H28N2O6S4/c1-35-21-13-17(7-9-19(21)31)15-23-25(33)29(27(37)39-23)11-5-3-4-6-12-30-26(34)24(40-28(30)38)16-18-8-10-20(32)22(14-18)36-2/h7-10,13-16,31-32H,3-6,11-12H2,1-2H3/b23-15-,24-16-. The number of hydrogen-bond donors (Lipinski definition) is 2. The maximum atomic E-state index is 12.9. The number of thioether (sulfide) groups is 2. The largest absolute Gasteiger partial charge is 0.504 e. The molecule has 2 saturated heterocycles. The number of nitrogens with zero attached hydrogens (tertiary/aromatic N) is 2. The molecule has 0 aromatic heterocycles. The average molecular weight is 617 g/mol. The van der Waals surface area contributed by atoms with Crippen LogP contribution in [0.4, 0.5) is 0 Å². The number of rotatable bonds is 11. The van der Waals surface area contributed by atoms with Gasteiger partial charge in [-0.15, -0.1) is 0 Å². The van der Waals surface area contributed by atoms with E-state index in [0.29, 0.717) is 43.0 Å². The predicted octanol–water partition coefficient (Wildman–Crippen LogP) is 5.78. The van der Waals surface area contributed by atoms with E-state index in [0.717, 1.165) is 36.8 Å². The lowest BCUT2D eigenvalue weighted by Gasteiger charge is -2.15. The van der Waals surface area contributed by atoms with Gasteiger partial charge in [-0.2, -0.15) is 0 Å². The Kier molecular flexibility index (Phi) is 10.1. The summed E-state index contributed by atoms with van der Waals surface area (Å²) in [6.45, 7) is 1.06. The first-order valence-electron chi connectivity index (χ1n) is 12.5. The van der Waals surface area contributed by atoms with E-state index in [1.807, 2.05) is 0 Å². The van der Waals surface area contributed by atoms with Crippen LogP contribution in [-0.2, 0) is 9.59 Å². The fourth-order valence-electron chi connectivity index (χ4n) is 4.15. The number of amides is 2. The first kappa shape index (κ1) is 29.9. The highest BCUT2D eigenvalue weighted by atomic mass is 32.2. The number of hydrogen-bond acceptors (Lipinski definition) is 10. The van der Waals surface area contributed by atoms with Crippen molar-refractivity contribution in [1.29, 1.82) is 0 Å². The Bertz CT molecular complexity index is 1300. The van der Waals surface area contributed by atoms with Gasteiger partial charge in [0.2, 0.25) is 0 Å². The summed E-state index contributed by atoms with van der Waals surface area (Å²) >= 11 is 13.4. The molecule has 2 aromatic rings. The Balaban J connectivity index is 1.23. The van der Waals surface area contributed by atoms with Crippen molar-refractivity contribution in [3.8, 4) is 23.0 Å². The zero-order chi connectivity index (χ0) is 28.8. The lowest BCUT2D eigenvalue weighted by molar-refractivity contribution is -0.123. The van der Waals surface area contributed by atoms with Crippen LogP contribution in [0.1, 0.15) is 36.8 Å². The third-order valence-electron chi connectivity index (χ3n) is 6.26. The summed E-state index contributed by atoms with van der Waals surface area (Å²) in [5.74, 6) is 0.493. The van der Waals surface area contributed by atoms with E-state index in [-0.39, 0.29) is 23.3 Å². The van der Waals surface area contributed by atoms with Crippen molar-refractivity contribution < 1.29 is 29.3 Å². The topological polar surface area (TPSA) is 99.5 Å². The van der Waals surface area contributed by atoms with E-state index in [9.17, 15) is 19.8 Å². The third-order valence-corrected chi connectivity index (χ3v) is 9.02. The van der Waals surface area contributed by atoms with Gasteiger partial charge in [0, 0.05) is 13.1 Å². The molecule has 210 valence electrons. The van der Waals surface area contributed by atoms with E-state index in [1.54, 1.807) is 46.2 Å². The maximum absolute atomic E-state index is 12.9. The number of ether oxygens (including phenoxy) is 2. The molecule has 12 heteroatoms. The van der Waals surface area contributed by atoms with Crippen LogP contribution in [0.15, 0.2) is 46.2 Å². The Morgan fingerprint density at radius 2 is 1.12 bits per heavy atom. The summed E-state index contributed by atoms with van der Waals surface area (Å²) in [6.07, 6.45) is 6.82. The molecular weight excluding hydrogens is 589 g/mol. The van der Waals surface area contributed by atoms with Gasteiger partial charge in [-0.1, -0.05) is 72.9 Å². The number of carbonyl (C=O) groups is 2. The Morgan fingerprint density at radius 1 is 0.725 bits per heavy atom. The second-order valence-corrected chi connectivity index (χ2v) is 12.3. The van der Waals surface area contributed by atoms with Crippen LogP contribution in [0.25, 0.3) is 12.2 Å². The Labute approximate surface area is 252 Å². The van der Waals surface area contributed by atoms with Crippen LogP contribution in [-0.4, -0.2) is 67.8 Å². The van der Waals surface area contributed by atoms with Gasteiger partial charge < -0.3 is 19.7 Å². The molecule has 0 aliphatic carbocycles. The van der Waals surface area contributed by atoms with Crippen molar-refractivity contribution in [2.45, 2.75) is 25.7 Å². The second kappa shape index (κ2) is 13.5. The van der Waals surface area contributed by atoms with Crippen molar-refractivity contribution in [2.24, 2.45) is 0 Å². The number of carbonyl (C=O) groups excluding carboxylic acids is 2. The predicted molar refractivity (Wildman–Crippen MR) is 168 cm³/mol. The molecular formula is C28H28N2O6S4. The van der Waals surface area contributed by atoms with E-state index < -0.39 is 0 Å². The lowest BCUT2D eigenvalue weighted by Crippen LogP contribution is -2.29. The van der Waals surface area contributed by atoms with Gasteiger partial charge in [-0.05, 0) is 60.4 Å². The lowest BCUT2D eigenvalue weighted by atomic mass is 10.1. The molecule has 2 aromatic carbocycles. The molecule has 2 fully saturated rings. The minimum Gasteiger partial charge on any atom is -0.504 e. The summed E-state index contributed by atoms with van der Waals surface area (Å²) in [6, 6.07) is 9.81. The van der Waals surface area contributed by atoms with Crippen molar-refractivity contribution in [3.63, 3.8) is 0 Å². The summed E-state index contributed by atoms with van der Waals surface area (Å²) in [5, 5.41) is 19.6.